The summed E-state index contributed by atoms with van der Waals surface area (Å²) in [6.07, 6.45) is 0. The SMILES string of the molecule is Fc1c(F)c(F)c(-n2c3ccccc3c3cc4c(cc32)c2ccccc2n4-c2nc(-c3ccccc3)nc(-c3ccccc3)n2)c(F)c1F. The van der Waals surface area contributed by atoms with E-state index in [1.165, 1.54) is 0 Å². The highest BCUT2D eigenvalue weighted by atomic mass is 19.2. The van der Waals surface area contributed by atoms with Gasteiger partial charge in [-0.05, 0) is 24.3 Å². The van der Waals surface area contributed by atoms with Crippen LogP contribution in [0.25, 0.3) is 78.0 Å². The fraction of sp³-hybridized carbons (Fsp3) is 0. The summed E-state index contributed by atoms with van der Waals surface area (Å²) in [5, 5.41) is 2.48. The number of hydrogen-bond acceptors (Lipinski definition) is 3. The summed E-state index contributed by atoms with van der Waals surface area (Å²) in [6, 6.07) is 36.9. The van der Waals surface area contributed by atoms with Crippen LogP contribution >= 0.6 is 0 Å². The second-order valence-corrected chi connectivity index (χ2v) is 11.5. The predicted molar refractivity (Wildman–Crippen MR) is 179 cm³/mol. The smallest absolute Gasteiger partial charge is 0.238 e. The molecule has 3 aromatic heterocycles. The van der Waals surface area contributed by atoms with Crippen LogP contribution in [0.2, 0.25) is 0 Å². The first kappa shape index (κ1) is 28.8. The van der Waals surface area contributed by atoms with Crippen molar-refractivity contribution in [3.8, 4) is 34.4 Å². The lowest BCUT2D eigenvalue weighted by molar-refractivity contribution is 0.376. The third-order valence-corrected chi connectivity index (χ3v) is 8.76. The number of rotatable bonds is 4. The first-order valence-electron chi connectivity index (χ1n) is 15.3. The van der Waals surface area contributed by atoms with Crippen molar-refractivity contribution >= 4 is 43.6 Å². The molecule has 9 rings (SSSR count). The van der Waals surface area contributed by atoms with E-state index in [2.05, 4.69) is 0 Å². The summed E-state index contributed by atoms with van der Waals surface area (Å²) in [7, 11) is 0. The molecular formula is C39H20F5N5. The average Bonchev–Trinajstić information content (AvgIpc) is 3.65. The highest BCUT2D eigenvalue weighted by molar-refractivity contribution is 6.18. The minimum atomic E-state index is -2.22. The van der Waals surface area contributed by atoms with Gasteiger partial charge in [-0.25, -0.2) is 26.9 Å². The quantitative estimate of drug-likeness (QED) is 0.108. The molecule has 0 saturated carbocycles. The maximum atomic E-state index is 15.4. The fourth-order valence-electron chi connectivity index (χ4n) is 6.57. The topological polar surface area (TPSA) is 48.5 Å². The van der Waals surface area contributed by atoms with Crippen LogP contribution < -0.4 is 0 Å². The molecule has 0 radical (unpaired) electrons. The first-order valence-corrected chi connectivity index (χ1v) is 15.3. The Morgan fingerprint density at radius 1 is 0.367 bits per heavy atom. The highest BCUT2D eigenvalue weighted by Gasteiger charge is 2.29. The third-order valence-electron chi connectivity index (χ3n) is 8.76. The fourth-order valence-corrected chi connectivity index (χ4v) is 6.57. The summed E-state index contributed by atoms with van der Waals surface area (Å²) < 4.78 is 77.0. The van der Waals surface area contributed by atoms with Gasteiger partial charge in [0.1, 0.15) is 5.69 Å². The van der Waals surface area contributed by atoms with E-state index in [4.69, 9.17) is 15.0 Å². The van der Waals surface area contributed by atoms with Gasteiger partial charge in [0.15, 0.2) is 34.9 Å². The molecule has 0 fully saturated rings. The maximum Gasteiger partial charge on any atom is 0.238 e. The lowest BCUT2D eigenvalue weighted by Crippen LogP contribution is -2.09. The minimum Gasteiger partial charge on any atom is -0.304 e. The van der Waals surface area contributed by atoms with E-state index in [1.807, 2.05) is 95.6 Å². The van der Waals surface area contributed by atoms with E-state index in [-0.39, 0.29) is 11.0 Å². The van der Waals surface area contributed by atoms with Gasteiger partial charge >= 0.3 is 0 Å². The van der Waals surface area contributed by atoms with Gasteiger partial charge in [-0.2, -0.15) is 9.97 Å². The van der Waals surface area contributed by atoms with E-state index in [0.29, 0.717) is 39.3 Å². The summed E-state index contributed by atoms with van der Waals surface area (Å²) in [4.78, 5) is 14.7. The predicted octanol–water partition coefficient (Wildman–Crippen LogP) is 10.1. The molecule has 49 heavy (non-hydrogen) atoms. The van der Waals surface area contributed by atoms with E-state index in [9.17, 15) is 13.2 Å². The molecule has 10 heteroatoms. The van der Waals surface area contributed by atoms with Gasteiger partial charge in [-0.1, -0.05) is 97.1 Å². The number of aromatic nitrogens is 5. The Morgan fingerprint density at radius 3 is 1.29 bits per heavy atom. The Balaban J connectivity index is 1.41. The number of halogens is 5. The second kappa shape index (κ2) is 10.8. The molecule has 0 bridgehead atoms. The van der Waals surface area contributed by atoms with Crippen LogP contribution in [0.4, 0.5) is 22.0 Å². The van der Waals surface area contributed by atoms with Gasteiger partial charge in [0, 0.05) is 32.7 Å². The Morgan fingerprint density at radius 2 is 0.776 bits per heavy atom. The zero-order valence-corrected chi connectivity index (χ0v) is 25.2. The van der Waals surface area contributed by atoms with E-state index >= 15 is 8.78 Å². The van der Waals surface area contributed by atoms with E-state index in [0.717, 1.165) is 26.6 Å². The van der Waals surface area contributed by atoms with Gasteiger partial charge in [0.2, 0.25) is 11.8 Å². The van der Waals surface area contributed by atoms with Gasteiger partial charge in [0.05, 0.1) is 22.1 Å². The van der Waals surface area contributed by atoms with Crippen molar-refractivity contribution in [2.24, 2.45) is 0 Å². The zero-order valence-electron chi connectivity index (χ0n) is 25.2. The molecule has 0 aliphatic carbocycles. The van der Waals surface area contributed by atoms with Gasteiger partial charge in [-0.3, -0.25) is 4.57 Å². The lowest BCUT2D eigenvalue weighted by atomic mass is 10.1. The van der Waals surface area contributed by atoms with Gasteiger partial charge < -0.3 is 4.57 Å². The molecule has 3 heterocycles. The Hall–Kier alpha value is -6.42. The van der Waals surface area contributed by atoms with Crippen LogP contribution in [0.3, 0.4) is 0 Å². The molecule has 0 aliphatic heterocycles. The molecule has 5 nitrogen and oxygen atoms in total. The summed E-state index contributed by atoms with van der Waals surface area (Å²) in [5.74, 6) is -8.85. The summed E-state index contributed by atoms with van der Waals surface area (Å²) in [5.41, 5.74) is 2.45. The minimum absolute atomic E-state index is 0.255. The molecule has 0 saturated heterocycles. The Bertz CT molecular complexity index is 2690. The molecule has 0 atom stereocenters. The average molecular weight is 654 g/mol. The van der Waals surface area contributed by atoms with Crippen LogP contribution in [0.15, 0.2) is 121 Å². The van der Waals surface area contributed by atoms with Crippen LogP contribution in [0, 0.1) is 29.1 Å². The van der Waals surface area contributed by atoms with Crippen molar-refractivity contribution in [1.29, 1.82) is 0 Å². The van der Waals surface area contributed by atoms with E-state index in [1.54, 1.807) is 30.3 Å². The van der Waals surface area contributed by atoms with Crippen LogP contribution in [0.5, 0.6) is 0 Å². The van der Waals surface area contributed by atoms with Crippen molar-refractivity contribution in [3.63, 3.8) is 0 Å². The van der Waals surface area contributed by atoms with Crippen molar-refractivity contribution < 1.29 is 22.0 Å². The van der Waals surface area contributed by atoms with Crippen molar-refractivity contribution in [3.05, 3.63) is 150 Å². The molecule has 9 aromatic rings. The Labute approximate surface area is 274 Å². The molecule has 0 amide bonds. The third kappa shape index (κ3) is 4.27. The normalized spacial score (nSPS) is 11.8. The van der Waals surface area contributed by atoms with Crippen molar-refractivity contribution in [1.82, 2.24) is 24.1 Å². The number of para-hydroxylation sites is 2. The molecule has 0 aliphatic rings. The van der Waals surface area contributed by atoms with Crippen molar-refractivity contribution in [2.75, 3.05) is 0 Å². The number of nitrogens with zero attached hydrogens (tertiary/aromatic N) is 5. The zero-order chi connectivity index (χ0) is 33.4. The molecule has 0 spiro atoms. The maximum absolute atomic E-state index is 15.4. The highest BCUT2D eigenvalue weighted by Crippen LogP contribution is 2.41. The molecular weight excluding hydrogens is 633 g/mol. The van der Waals surface area contributed by atoms with Gasteiger partial charge in [0.25, 0.3) is 0 Å². The number of benzene rings is 6. The molecule has 0 unspecified atom stereocenters. The lowest BCUT2D eigenvalue weighted by Gasteiger charge is -2.12. The molecule has 236 valence electrons. The number of fused-ring (bicyclic) bond motifs is 6. The van der Waals surface area contributed by atoms with Crippen LogP contribution in [0.1, 0.15) is 0 Å². The molecule has 6 aromatic carbocycles. The summed E-state index contributed by atoms with van der Waals surface area (Å²) >= 11 is 0. The number of hydrogen-bond donors (Lipinski definition) is 0. The standard InChI is InChI=1S/C39H20F5N5/c40-31-32(41)34(43)36(35(44)33(31)42)48-27-17-9-7-15-23(27)25-20-30-26(19-29(25)48)24-16-8-10-18-28(24)49(30)39-46-37(21-11-3-1-4-12-21)45-38(47-39)22-13-5-2-6-14-22/h1-20H. The Kier molecular flexibility index (Phi) is 6.35. The summed E-state index contributed by atoms with van der Waals surface area (Å²) in [6.45, 7) is 0. The van der Waals surface area contributed by atoms with Crippen LogP contribution in [-0.2, 0) is 0 Å². The first-order chi connectivity index (χ1) is 23.9. The second-order valence-electron chi connectivity index (χ2n) is 11.5. The monoisotopic (exact) mass is 653 g/mol. The van der Waals surface area contributed by atoms with Crippen LogP contribution in [-0.4, -0.2) is 24.1 Å². The van der Waals surface area contributed by atoms with E-state index < -0.39 is 34.8 Å². The van der Waals surface area contributed by atoms with Gasteiger partial charge in [-0.15, -0.1) is 0 Å². The van der Waals surface area contributed by atoms with Crippen molar-refractivity contribution in [2.45, 2.75) is 0 Å². The molecule has 0 N–H and O–H groups in total. The largest absolute Gasteiger partial charge is 0.304 e.